The van der Waals surface area contributed by atoms with Crippen molar-refractivity contribution in [2.45, 2.75) is 36.7 Å². The maximum absolute atomic E-state index is 12.2. The van der Waals surface area contributed by atoms with E-state index in [0.29, 0.717) is 18.7 Å². The maximum Gasteiger partial charge on any atom is 0.355 e. The predicted molar refractivity (Wildman–Crippen MR) is 107 cm³/mol. The molecule has 1 aromatic heterocycles. The van der Waals surface area contributed by atoms with Crippen molar-refractivity contribution in [2.24, 2.45) is 0 Å². The zero-order valence-corrected chi connectivity index (χ0v) is 16.8. The van der Waals surface area contributed by atoms with Gasteiger partial charge in [0.05, 0.1) is 0 Å². The van der Waals surface area contributed by atoms with Crippen molar-refractivity contribution in [3.8, 4) is 0 Å². The molecule has 0 unspecified atom stereocenters. The molecule has 0 aliphatic carbocycles. The van der Waals surface area contributed by atoms with E-state index in [9.17, 15) is 9.59 Å². The number of carbonyl (C=O) groups excluding carboxylic acids is 1. The van der Waals surface area contributed by atoms with Crippen molar-refractivity contribution in [2.75, 3.05) is 18.8 Å². The van der Waals surface area contributed by atoms with E-state index in [1.807, 2.05) is 17.0 Å². The van der Waals surface area contributed by atoms with Crippen LogP contribution >= 0.6 is 23.1 Å². The van der Waals surface area contributed by atoms with Gasteiger partial charge in [0.15, 0.2) is 10.0 Å². The van der Waals surface area contributed by atoms with Crippen molar-refractivity contribution < 1.29 is 14.7 Å². The highest BCUT2D eigenvalue weighted by atomic mass is 32.2. The third-order valence-corrected chi connectivity index (χ3v) is 6.67. The first kappa shape index (κ1) is 19.9. The van der Waals surface area contributed by atoms with Gasteiger partial charge in [-0.05, 0) is 24.5 Å². The molecule has 1 amide bonds. The van der Waals surface area contributed by atoms with E-state index >= 15 is 0 Å². The first-order chi connectivity index (χ1) is 13.0. The molecule has 0 spiro atoms. The smallest absolute Gasteiger partial charge is 0.355 e. The summed E-state index contributed by atoms with van der Waals surface area (Å²) in [5.74, 6) is -0.0941. The van der Waals surface area contributed by atoms with E-state index in [2.05, 4.69) is 29.4 Å². The van der Waals surface area contributed by atoms with Crippen LogP contribution in [0.15, 0.2) is 34.0 Å². The fourth-order valence-electron chi connectivity index (χ4n) is 3.15. The number of carboxylic acid groups (broad SMARTS) is 1. The SMILES string of the molecule is Cc1ccccc1CNC[C@H]1CCC(=O)N1CCSc1nc(C(=O)O)cs1. The third-order valence-electron chi connectivity index (χ3n) is 4.67. The molecule has 8 heteroatoms. The second kappa shape index (κ2) is 9.34. The Morgan fingerprint density at radius 2 is 2.26 bits per heavy atom. The van der Waals surface area contributed by atoms with E-state index in [0.717, 1.165) is 23.8 Å². The average molecular weight is 406 g/mol. The van der Waals surface area contributed by atoms with E-state index in [1.54, 1.807) is 5.38 Å². The van der Waals surface area contributed by atoms with Crippen LogP contribution < -0.4 is 5.32 Å². The molecule has 0 bridgehead atoms. The fraction of sp³-hybridized carbons (Fsp3) is 0.421. The number of hydrogen-bond donors (Lipinski definition) is 2. The molecule has 1 saturated heterocycles. The molecule has 2 heterocycles. The Morgan fingerprint density at radius 1 is 1.44 bits per heavy atom. The third kappa shape index (κ3) is 5.31. The number of likely N-dealkylation sites (tertiary alicyclic amines) is 1. The molecule has 3 rings (SSSR count). The number of rotatable bonds is 9. The Balaban J connectivity index is 1.46. The molecule has 1 atom stereocenters. The standard InChI is InChI=1S/C19H23N3O3S2/c1-13-4-2-3-5-14(13)10-20-11-15-6-7-17(23)22(15)8-9-26-19-21-16(12-27-19)18(24)25/h2-5,12,15,20H,6-11H2,1H3,(H,24,25)/t15-/m1/s1. The van der Waals surface area contributed by atoms with Crippen LogP contribution in [0, 0.1) is 6.92 Å². The first-order valence-electron chi connectivity index (χ1n) is 8.91. The van der Waals surface area contributed by atoms with Gasteiger partial charge in [-0.15, -0.1) is 11.3 Å². The highest BCUT2D eigenvalue weighted by molar-refractivity contribution is 8.01. The summed E-state index contributed by atoms with van der Waals surface area (Å²) in [6.45, 7) is 4.35. The molecule has 27 heavy (non-hydrogen) atoms. The molecule has 2 aromatic rings. The summed E-state index contributed by atoms with van der Waals surface area (Å²) in [4.78, 5) is 29.1. The number of amides is 1. The van der Waals surface area contributed by atoms with Gasteiger partial charge in [0, 0.05) is 43.2 Å². The van der Waals surface area contributed by atoms with Crippen molar-refractivity contribution in [1.29, 1.82) is 0 Å². The topological polar surface area (TPSA) is 82.5 Å². The summed E-state index contributed by atoms with van der Waals surface area (Å²) in [6, 6.07) is 8.52. The summed E-state index contributed by atoms with van der Waals surface area (Å²) >= 11 is 2.83. The Kier molecular flexibility index (Phi) is 6.87. The van der Waals surface area contributed by atoms with Gasteiger partial charge in [-0.1, -0.05) is 36.0 Å². The van der Waals surface area contributed by atoms with E-state index in [1.165, 1.54) is 34.2 Å². The maximum atomic E-state index is 12.2. The van der Waals surface area contributed by atoms with Crippen LogP contribution in [0.3, 0.4) is 0 Å². The molecule has 1 aromatic carbocycles. The van der Waals surface area contributed by atoms with Gasteiger partial charge in [0.2, 0.25) is 5.91 Å². The van der Waals surface area contributed by atoms with Crippen LogP contribution in [0.5, 0.6) is 0 Å². The molecule has 6 nitrogen and oxygen atoms in total. The quantitative estimate of drug-likeness (QED) is 0.624. The minimum Gasteiger partial charge on any atom is -0.476 e. The normalized spacial score (nSPS) is 16.9. The number of carbonyl (C=O) groups is 2. The van der Waals surface area contributed by atoms with E-state index in [-0.39, 0.29) is 17.6 Å². The Bertz CT molecular complexity index is 809. The number of aromatic nitrogens is 1. The summed E-state index contributed by atoms with van der Waals surface area (Å²) < 4.78 is 0.730. The minimum absolute atomic E-state index is 0.0815. The second-order valence-corrected chi connectivity index (χ2v) is 8.69. The van der Waals surface area contributed by atoms with Crippen LogP contribution in [-0.4, -0.2) is 51.8 Å². The van der Waals surface area contributed by atoms with Crippen LogP contribution in [0.1, 0.15) is 34.5 Å². The number of thioether (sulfide) groups is 1. The predicted octanol–water partition coefficient (Wildman–Crippen LogP) is 3.02. The lowest BCUT2D eigenvalue weighted by atomic mass is 10.1. The molecule has 0 radical (unpaired) electrons. The van der Waals surface area contributed by atoms with Crippen molar-refractivity contribution >= 4 is 35.0 Å². The van der Waals surface area contributed by atoms with Crippen LogP contribution in [-0.2, 0) is 11.3 Å². The highest BCUT2D eigenvalue weighted by Crippen LogP contribution is 2.25. The van der Waals surface area contributed by atoms with Crippen molar-refractivity contribution in [3.63, 3.8) is 0 Å². The Hall–Kier alpha value is -1.90. The lowest BCUT2D eigenvalue weighted by Gasteiger charge is -2.25. The lowest BCUT2D eigenvalue weighted by molar-refractivity contribution is -0.128. The number of aromatic carboxylic acids is 1. The number of hydrogen-bond acceptors (Lipinski definition) is 6. The Labute approximate surface area is 167 Å². The Morgan fingerprint density at radius 3 is 3.00 bits per heavy atom. The molecule has 0 saturated carbocycles. The monoisotopic (exact) mass is 405 g/mol. The minimum atomic E-state index is -1.01. The van der Waals surface area contributed by atoms with Crippen LogP contribution in [0.2, 0.25) is 0 Å². The highest BCUT2D eigenvalue weighted by Gasteiger charge is 2.30. The van der Waals surface area contributed by atoms with Gasteiger partial charge in [0.25, 0.3) is 0 Å². The zero-order chi connectivity index (χ0) is 19.2. The average Bonchev–Trinajstić information content (AvgIpc) is 3.25. The molecular formula is C19H23N3O3S2. The van der Waals surface area contributed by atoms with E-state index < -0.39 is 5.97 Å². The molecule has 2 N–H and O–H groups in total. The fourth-order valence-corrected chi connectivity index (χ4v) is 4.96. The molecule has 144 valence electrons. The number of carboxylic acids is 1. The van der Waals surface area contributed by atoms with Gasteiger partial charge in [0.1, 0.15) is 0 Å². The van der Waals surface area contributed by atoms with Gasteiger partial charge in [-0.25, -0.2) is 9.78 Å². The summed E-state index contributed by atoms with van der Waals surface area (Å²) in [5, 5.41) is 14.0. The van der Waals surface area contributed by atoms with Gasteiger partial charge >= 0.3 is 5.97 Å². The largest absolute Gasteiger partial charge is 0.476 e. The number of aryl methyl sites for hydroxylation is 1. The second-order valence-electron chi connectivity index (χ2n) is 6.49. The van der Waals surface area contributed by atoms with Crippen molar-refractivity contribution in [3.05, 3.63) is 46.5 Å². The summed E-state index contributed by atoms with van der Waals surface area (Å²) in [6.07, 6.45) is 1.48. The molecular weight excluding hydrogens is 382 g/mol. The molecule has 1 fully saturated rings. The lowest BCUT2D eigenvalue weighted by Crippen LogP contribution is -2.41. The van der Waals surface area contributed by atoms with Crippen LogP contribution in [0.4, 0.5) is 0 Å². The van der Waals surface area contributed by atoms with E-state index in [4.69, 9.17) is 5.11 Å². The number of nitrogens with zero attached hydrogens (tertiary/aromatic N) is 2. The summed E-state index contributed by atoms with van der Waals surface area (Å²) in [7, 11) is 0. The van der Waals surface area contributed by atoms with Gasteiger partial charge < -0.3 is 15.3 Å². The van der Waals surface area contributed by atoms with Crippen LogP contribution in [0.25, 0.3) is 0 Å². The number of nitrogens with one attached hydrogen (secondary N) is 1. The van der Waals surface area contributed by atoms with Gasteiger partial charge in [-0.3, -0.25) is 4.79 Å². The van der Waals surface area contributed by atoms with Gasteiger partial charge in [-0.2, -0.15) is 0 Å². The first-order valence-corrected chi connectivity index (χ1v) is 10.8. The molecule has 1 aliphatic rings. The number of benzene rings is 1. The zero-order valence-electron chi connectivity index (χ0n) is 15.2. The summed E-state index contributed by atoms with van der Waals surface area (Å²) in [5.41, 5.74) is 2.63. The van der Waals surface area contributed by atoms with Crippen molar-refractivity contribution in [1.82, 2.24) is 15.2 Å². The number of thiazole rings is 1. The molecule has 1 aliphatic heterocycles.